The fourth-order valence-electron chi connectivity index (χ4n) is 2.21. The first-order valence-electron chi connectivity index (χ1n) is 7.05. The highest BCUT2D eigenvalue weighted by molar-refractivity contribution is 5.57. The number of halogens is 2. The van der Waals surface area contributed by atoms with E-state index in [9.17, 15) is 13.9 Å². The van der Waals surface area contributed by atoms with Crippen molar-refractivity contribution < 1.29 is 13.9 Å². The molecule has 116 valence electrons. The van der Waals surface area contributed by atoms with E-state index in [1.165, 1.54) is 24.4 Å². The molecule has 0 aliphatic rings. The highest BCUT2D eigenvalue weighted by Gasteiger charge is 2.12. The molecule has 2 N–H and O–H groups in total. The lowest BCUT2D eigenvalue weighted by Gasteiger charge is -2.12. The summed E-state index contributed by atoms with van der Waals surface area (Å²) in [6.45, 7) is 0. The molecule has 0 saturated carbocycles. The SMILES string of the molecule is OC(c1ccccc1)c1ccc(Nc2c(F)cccc2F)nc1. The zero-order valence-electron chi connectivity index (χ0n) is 12.1. The molecule has 1 unspecified atom stereocenters. The van der Waals surface area contributed by atoms with Crippen molar-refractivity contribution in [1.29, 1.82) is 0 Å². The number of aliphatic hydroxyl groups is 1. The van der Waals surface area contributed by atoms with Gasteiger partial charge < -0.3 is 10.4 Å². The number of hydrogen-bond acceptors (Lipinski definition) is 3. The largest absolute Gasteiger partial charge is 0.384 e. The maximum Gasteiger partial charge on any atom is 0.149 e. The third-order valence-corrected chi connectivity index (χ3v) is 3.43. The van der Waals surface area contributed by atoms with Crippen LogP contribution in [0.3, 0.4) is 0 Å². The second-order valence-corrected chi connectivity index (χ2v) is 5.01. The molecule has 0 amide bonds. The summed E-state index contributed by atoms with van der Waals surface area (Å²) in [5.74, 6) is -1.10. The second kappa shape index (κ2) is 6.54. The number of nitrogens with one attached hydrogen (secondary N) is 1. The lowest BCUT2D eigenvalue weighted by molar-refractivity contribution is 0.220. The summed E-state index contributed by atoms with van der Waals surface area (Å²) in [5.41, 5.74) is 1.09. The van der Waals surface area contributed by atoms with Gasteiger partial charge in [0, 0.05) is 11.8 Å². The van der Waals surface area contributed by atoms with Crippen molar-refractivity contribution in [2.75, 3.05) is 5.32 Å². The van der Waals surface area contributed by atoms with E-state index < -0.39 is 17.7 Å². The molecule has 0 aliphatic heterocycles. The Morgan fingerprint density at radius 3 is 2.13 bits per heavy atom. The summed E-state index contributed by atoms with van der Waals surface area (Å²) in [6.07, 6.45) is 0.668. The molecular formula is C18H14F2N2O. The molecule has 5 heteroatoms. The molecule has 3 nitrogen and oxygen atoms in total. The van der Waals surface area contributed by atoms with E-state index in [1.54, 1.807) is 12.1 Å². The Bertz CT molecular complexity index is 772. The number of aliphatic hydroxyl groups excluding tert-OH is 1. The molecule has 0 spiro atoms. The van der Waals surface area contributed by atoms with Crippen molar-refractivity contribution in [2.45, 2.75) is 6.10 Å². The zero-order chi connectivity index (χ0) is 16.2. The Morgan fingerprint density at radius 2 is 1.52 bits per heavy atom. The minimum atomic E-state index is -0.803. The van der Waals surface area contributed by atoms with Crippen LogP contribution in [-0.2, 0) is 0 Å². The Labute approximate surface area is 132 Å². The maximum atomic E-state index is 13.6. The van der Waals surface area contributed by atoms with Crippen molar-refractivity contribution in [3.05, 3.63) is 89.6 Å². The van der Waals surface area contributed by atoms with Gasteiger partial charge in [0.25, 0.3) is 0 Å². The highest BCUT2D eigenvalue weighted by Crippen LogP contribution is 2.24. The van der Waals surface area contributed by atoms with Crippen LogP contribution in [0.4, 0.5) is 20.3 Å². The van der Waals surface area contributed by atoms with Crippen LogP contribution in [0.15, 0.2) is 66.9 Å². The number of pyridine rings is 1. The summed E-state index contributed by atoms with van der Waals surface area (Å²) in [6, 6.07) is 16.0. The predicted molar refractivity (Wildman–Crippen MR) is 84.4 cm³/mol. The van der Waals surface area contributed by atoms with Crippen LogP contribution < -0.4 is 5.32 Å². The second-order valence-electron chi connectivity index (χ2n) is 5.01. The monoisotopic (exact) mass is 312 g/mol. The van der Waals surface area contributed by atoms with E-state index in [4.69, 9.17) is 0 Å². The topological polar surface area (TPSA) is 45.1 Å². The smallest absolute Gasteiger partial charge is 0.149 e. The molecule has 3 aromatic rings. The van der Waals surface area contributed by atoms with Crippen molar-refractivity contribution in [1.82, 2.24) is 4.98 Å². The Morgan fingerprint density at radius 1 is 0.826 bits per heavy atom. The summed E-state index contributed by atoms with van der Waals surface area (Å²) < 4.78 is 27.2. The van der Waals surface area contributed by atoms with Crippen LogP contribution in [0.1, 0.15) is 17.2 Å². The molecule has 0 fully saturated rings. The Hall–Kier alpha value is -2.79. The molecule has 1 atom stereocenters. The quantitative estimate of drug-likeness (QED) is 0.759. The highest BCUT2D eigenvalue weighted by atomic mass is 19.1. The molecule has 23 heavy (non-hydrogen) atoms. The Kier molecular flexibility index (Phi) is 4.30. The van der Waals surface area contributed by atoms with Crippen molar-refractivity contribution in [3.63, 3.8) is 0 Å². The van der Waals surface area contributed by atoms with Gasteiger partial charge in [0.1, 0.15) is 29.2 Å². The fraction of sp³-hybridized carbons (Fsp3) is 0.0556. The molecule has 1 heterocycles. The van der Waals surface area contributed by atoms with Crippen molar-refractivity contribution in [2.24, 2.45) is 0 Å². The number of benzene rings is 2. The summed E-state index contributed by atoms with van der Waals surface area (Å²) >= 11 is 0. The first-order chi connectivity index (χ1) is 11.1. The van der Waals surface area contributed by atoms with Gasteiger partial charge in [-0.05, 0) is 23.8 Å². The van der Waals surface area contributed by atoms with E-state index in [-0.39, 0.29) is 11.5 Å². The fourth-order valence-corrected chi connectivity index (χ4v) is 2.21. The molecule has 0 bridgehead atoms. The number of nitrogens with zero attached hydrogens (tertiary/aromatic N) is 1. The van der Waals surface area contributed by atoms with Crippen LogP contribution >= 0.6 is 0 Å². The van der Waals surface area contributed by atoms with Gasteiger partial charge >= 0.3 is 0 Å². The van der Waals surface area contributed by atoms with Crippen LogP contribution in [-0.4, -0.2) is 10.1 Å². The minimum Gasteiger partial charge on any atom is -0.384 e. The predicted octanol–water partition coefficient (Wildman–Crippen LogP) is 4.19. The van der Waals surface area contributed by atoms with E-state index in [1.807, 2.05) is 30.3 Å². The van der Waals surface area contributed by atoms with Gasteiger partial charge in [-0.15, -0.1) is 0 Å². The number of anilines is 2. The van der Waals surface area contributed by atoms with Crippen LogP contribution in [0, 0.1) is 11.6 Å². The molecule has 0 aliphatic carbocycles. The molecule has 2 aromatic carbocycles. The van der Waals surface area contributed by atoms with E-state index >= 15 is 0 Å². The number of rotatable bonds is 4. The average Bonchev–Trinajstić information content (AvgIpc) is 2.59. The first-order valence-corrected chi connectivity index (χ1v) is 7.05. The molecule has 1 aromatic heterocycles. The third kappa shape index (κ3) is 3.35. The molecule has 3 rings (SSSR count). The summed E-state index contributed by atoms with van der Waals surface area (Å²) in [7, 11) is 0. The zero-order valence-corrected chi connectivity index (χ0v) is 12.1. The molecular weight excluding hydrogens is 298 g/mol. The average molecular weight is 312 g/mol. The van der Waals surface area contributed by atoms with Crippen molar-refractivity contribution >= 4 is 11.5 Å². The number of aromatic nitrogens is 1. The summed E-state index contributed by atoms with van der Waals surface area (Å²) in [4.78, 5) is 4.10. The van der Waals surface area contributed by atoms with E-state index in [0.29, 0.717) is 5.56 Å². The summed E-state index contributed by atoms with van der Waals surface area (Å²) in [5, 5.41) is 12.9. The number of para-hydroxylation sites is 1. The van der Waals surface area contributed by atoms with Gasteiger partial charge in [0.2, 0.25) is 0 Å². The van der Waals surface area contributed by atoms with Gasteiger partial charge in [-0.25, -0.2) is 13.8 Å². The lowest BCUT2D eigenvalue weighted by Crippen LogP contribution is -2.02. The van der Waals surface area contributed by atoms with Gasteiger partial charge in [-0.1, -0.05) is 42.5 Å². The normalized spacial score (nSPS) is 12.0. The van der Waals surface area contributed by atoms with Gasteiger partial charge in [-0.3, -0.25) is 0 Å². The van der Waals surface area contributed by atoms with Gasteiger partial charge in [0.15, 0.2) is 0 Å². The van der Waals surface area contributed by atoms with Gasteiger partial charge in [0.05, 0.1) is 0 Å². The third-order valence-electron chi connectivity index (χ3n) is 3.43. The number of hydrogen-bond donors (Lipinski definition) is 2. The maximum absolute atomic E-state index is 13.6. The van der Waals surface area contributed by atoms with Gasteiger partial charge in [-0.2, -0.15) is 0 Å². The van der Waals surface area contributed by atoms with E-state index in [2.05, 4.69) is 10.3 Å². The van der Waals surface area contributed by atoms with Crippen LogP contribution in [0.25, 0.3) is 0 Å². The molecule has 0 saturated heterocycles. The first kappa shape index (κ1) is 15.1. The van der Waals surface area contributed by atoms with Crippen LogP contribution in [0.5, 0.6) is 0 Å². The van der Waals surface area contributed by atoms with E-state index in [0.717, 1.165) is 5.56 Å². The van der Waals surface area contributed by atoms with Crippen LogP contribution in [0.2, 0.25) is 0 Å². The van der Waals surface area contributed by atoms with Crippen molar-refractivity contribution in [3.8, 4) is 0 Å². The Balaban J connectivity index is 1.80. The molecule has 0 radical (unpaired) electrons. The standard InChI is InChI=1S/C18H14F2N2O/c19-14-7-4-8-15(20)17(14)22-16-10-9-13(11-21-16)18(23)12-5-2-1-3-6-12/h1-11,18,23H,(H,21,22). The lowest BCUT2D eigenvalue weighted by atomic mass is 10.0. The minimum absolute atomic E-state index is 0.253.